The number of anilines is 1. The minimum atomic E-state index is -0.378. The molecule has 1 heterocycles. The molecule has 6 nitrogen and oxygen atoms in total. The quantitative estimate of drug-likeness (QED) is 0.472. The number of para-hydroxylation sites is 2. The third-order valence-corrected chi connectivity index (χ3v) is 4.74. The minimum absolute atomic E-state index is 0.0117. The number of carbonyl (C=O) groups excluding carboxylic acids is 1. The number of hydrogen-bond donors (Lipinski definition) is 2. The first-order chi connectivity index (χ1) is 14.6. The zero-order valence-corrected chi connectivity index (χ0v) is 16.7. The molecule has 0 fully saturated rings. The van der Waals surface area contributed by atoms with Crippen molar-refractivity contribution in [2.24, 2.45) is 0 Å². The summed E-state index contributed by atoms with van der Waals surface area (Å²) in [5.74, 6) is 0.248. The van der Waals surface area contributed by atoms with Crippen molar-refractivity contribution in [3.05, 3.63) is 90.1 Å². The summed E-state index contributed by atoms with van der Waals surface area (Å²) >= 11 is 0. The number of methoxy groups -OCH3 is 1. The van der Waals surface area contributed by atoms with Crippen LogP contribution >= 0.6 is 0 Å². The average molecular weight is 399 g/mol. The molecule has 4 aromatic rings. The third kappa shape index (κ3) is 3.75. The number of rotatable bonds is 5. The summed E-state index contributed by atoms with van der Waals surface area (Å²) in [6.45, 7) is 1.87. The first-order valence-electron chi connectivity index (χ1n) is 9.46. The lowest BCUT2D eigenvalue weighted by Gasteiger charge is -2.09. The van der Waals surface area contributed by atoms with Crippen molar-refractivity contribution in [2.45, 2.75) is 6.92 Å². The summed E-state index contributed by atoms with van der Waals surface area (Å²) in [5, 5.41) is 17.6. The summed E-state index contributed by atoms with van der Waals surface area (Å²) in [5.41, 5.74) is 3.61. The summed E-state index contributed by atoms with van der Waals surface area (Å²) in [6, 6.07) is 22.1. The molecule has 1 aromatic heterocycles. The molecule has 0 saturated heterocycles. The lowest BCUT2D eigenvalue weighted by molar-refractivity contribution is 0.102. The van der Waals surface area contributed by atoms with Gasteiger partial charge in [0.05, 0.1) is 24.0 Å². The molecule has 1 amide bonds. The molecule has 4 rings (SSSR count). The fraction of sp³-hybridized carbons (Fsp3) is 0.0833. The Bertz CT molecular complexity index is 1200. The van der Waals surface area contributed by atoms with Gasteiger partial charge in [-0.25, -0.2) is 4.68 Å². The van der Waals surface area contributed by atoms with Crippen molar-refractivity contribution in [3.8, 4) is 28.4 Å². The Balaban J connectivity index is 1.81. The van der Waals surface area contributed by atoms with Crippen molar-refractivity contribution >= 4 is 11.6 Å². The summed E-state index contributed by atoms with van der Waals surface area (Å²) in [4.78, 5) is 13.2. The maximum Gasteiger partial charge on any atom is 0.259 e. The molecule has 150 valence electrons. The molecule has 0 aliphatic carbocycles. The van der Waals surface area contributed by atoms with Gasteiger partial charge in [-0.1, -0.05) is 36.4 Å². The van der Waals surface area contributed by atoms with Crippen LogP contribution in [-0.4, -0.2) is 27.9 Å². The lowest BCUT2D eigenvalue weighted by atomic mass is 10.1. The number of ether oxygens (including phenoxy) is 1. The maximum absolute atomic E-state index is 13.2. The van der Waals surface area contributed by atoms with E-state index in [4.69, 9.17) is 4.74 Å². The number of nitrogens with one attached hydrogen (secondary N) is 1. The van der Waals surface area contributed by atoms with Gasteiger partial charge in [-0.2, -0.15) is 5.10 Å². The van der Waals surface area contributed by atoms with Crippen molar-refractivity contribution in [1.82, 2.24) is 9.78 Å². The average Bonchev–Trinajstić information content (AvgIpc) is 3.22. The van der Waals surface area contributed by atoms with E-state index in [0.29, 0.717) is 28.3 Å². The van der Waals surface area contributed by atoms with E-state index in [2.05, 4.69) is 10.4 Å². The Morgan fingerprint density at radius 3 is 2.50 bits per heavy atom. The van der Waals surface area contributed by atoms with Crippen LogP contribution in [0, 0.1) is 6.92 Å². The summed E-state index contributed by atoms with van der Waals surface area (Å²) in [7, 11) is 1.58. The van der Waals surface area contributed by atoms with Crippen LogP contribution in [0.1, 0.15) is 15.9 Å². The van der Waals surface area contributed by atoms with Crippen molar-refractivity contribution in [3.63, 3.8) is 0 Å². The van der Waals surface area contributed by atoms with Gasteiger partial charge >= 0.3 is 0 Å². The minimum Gasteiger partial charge on any atom is -0.506 e. The van der Waals surface area contributed by atoms with Crippen LogP contribution in [0.2, 0.25) is 0 Å². The van der Waals surface area contributed by atoms with E-state index in [1.54, 1.807) is 30.1 Å². The van der Waals surface area contributed by atoms with Crippen LogP contribution in [0.3, 0.4) is 0 Å². The smallest absolute Gasteiger partial charge is 0.259 e. The Morgan fingerprint density at radius 2 is 1.77 bits per heavy atom. The molecule has 0 aliphatic heterocycles. The van der Waals surface area contributed by atoms with Crippen LogP contribution in [0.25, 0.3) is 16.9 Å². The third-order valence-electron chi connectivity index (χ3n) is 4.74. The molecule has 0 aliphatic rings. The number of phenols is 1. The monoisotopic (exact) mass is 399 g/mol. The molecule has 0 saturated carbocycles. The zero-order chi connectivity index (χ0) is 21.1. The van der Waals surface area contributed by atoms with Gasteiger partial charge in [0.15, 0.2) is 0 Å². The zero-order valence-electron chi connectivity index (χ0n) is 16.7. The molecule has 0 spiro atoms. The van der Waals surface area contributed by atoms with Gasteiger partial charge in [-0.05, 0) is 48.9 Å². The van der Waals surface area contributed by atoms with E-state index in [0.717, 1.165) is 11.3 Å². The van der Waals surface area contributed by atoms with Gasteiger partial charge in [-0.3, -0.25) is 4.79 Å². The largest absolute Gasteiger partial charge is 0.506 e. The molecule has 0 radical (unpaired) electrons. The van der Waals surface area contributed by atoms with E-state index >= 15 is 0 Å². The highest BCUT2D eigenvalue weighted by molar-refractivity contribution is 6.09. The van der Waals surface area contributed by atoms with E-state index in [1.165, 1.54) is 0 Å². The second-order valence-corrected chi connectivity index (χ2v) is 6.85. The molecular weight excluding hydrogens is 378 g/mol. The fourth-order valence-corrected chi connectivity index (χ4v) is 3.23. The number of nitrogens with zero attached hydrogens (tertiary/aromatic N) is 2. The van der Waals surface area contributed by atoms with E-state index in [1.807, 2.05) is 67.6 Å². The number of amides is 1. The highest BCUT2D eigenvalue weighted by atomic mass is 16.5. The van der Waals surface area contributed by atoms with Gasteiger partial charge in [0, 0.05) is 11.8 Å². The van der Waals surface area contributed by atoms with E-state index in [9.17, 15) is 9.90 Å². The summed E-state index contributed by atoms with van der Waals surface area (Å²) < 4.78 is 7.14. The van der Waals surface area contributed by atoms with Gasteiger partial charge in [0.2, 0.25) is 0 Å². The molecular formula is C24H21N3O3. The lowest BCUT2D eigenvalue weighted by Crippen LogP contribution is -2.12. The van der Waals surface area contributed by atoms with Crippen LogP contribution in [0.15, 0.2) is 79.0 Å². The van der Waals surface area contributed by atoms with Gasteiger partial charge in [-0.15, -0.1) is 0 Å². The molecule has 0 unspecified atom stereocenters. The number of aromatic nitrogens is 2. The van der Waals surface area contributed by atoms with Crippen LogP contribution in [0.5, 0.6) is 11.5 Å². The van der Waals surface area contributed by atoms with Crippen LogP contribution in [-0.2, 0) is 0 Å². The topological polar surface area (TPSA) is 76.4 Å². The summed E-state index contributed by atoms with van der Waals surface area (Å²) in [6.07, 6.45) is 1.68. The predicted molar refractivity (Wildman–Crippen MR) is 116 cm³/mol. The van der Waals surface area contributed by atoms with Crippen molar-refractivity contribution in [2.75, 3.05) is 12.4 Å². The molecule has 30 heavy (non-hydrogen) atoms. The number of aryl methyl sites for hydroxylation is 1. The maximum atomic E-state index is 13.2. The standard InChI is InChI=1S/C24H21N3O3/c1-16-12-13-20(21(28)14-16)25-24(29)19-15-27(17-8-4-3-5-9-17)26-23(19)18-10-6-7-11-22(18)30-2/h3-15,28H,1-2H3,(H,25,29). The number of aromatic hydroxyl groups is 1. The number of phenolic OH excluding ortho intramolecular Hbond substituents is 1. The number of benzene rings is 3. The molecule has 3 aromatic carbocycles. The second kappa shape index (κ2) is 8.13. The van der Waals surface area contributed by atoms with Gasteiger partial charge in [0.25, 0.3) is 5.91 Å². The fourth-order valence-electron chi connectivity index (χ4n) is 3.23. The predicted octanol–water partition coefficient (Wildman–Crippen LogP) is 4.81. The highest BCUT2D eigenvalue weighted by Gasteiger charge is 2.22. The Labute approximate surface area is 174 Å². The van der Waals surface area contributed by atoms with E-state index in [-0.39, 0.29) is 11.7 Å². The number of hydrogen-bond acceptors (Lipinski definition) is 4. The van der Waals surface area contributed by atoms with Crippen LogP contribution < -0.4 is 10.1 Å². The highest BCUT2D eigenvalue weighted by Crippen LogP contribution is 2.33. The van der Waals surface area contributed by atoms with Crippen LogP contribution in [0.4, 0.5) is 5.69 Å². The van der Waals surface area contributed by atoms with Gasteiger partial charge < -0.3 is 15.2 Å². The van der Waals surface area contributed by atoms with Gasteiger partial charge in [0.1, 0.15) is 17.2 Å². The van der Waals surface area contributed by atoms with Crippen molar-refractivity contribution < 1.29 is 14.6 Å². The Hall–Kier alpha value is -4.06. The Kier molecular flexibility index (Phi) is 5.22. The molecule has 6 heteroatoms. The molecule has 0 bridgehead atoms. The first-order valence-corrected chi connectivity index (χ1v) is 9.46. The molecule has 2 N–H and O–H groups in total. The Morgan fingerprint density at radius 1 is 1.03 bits per heavy atom. The van der Waals surface area contributed by atoms with Crippen molar-refractivity contribution in [1.29, 1.82) is 0 Å². The number of carbonyl (C=O) groups is 1. The second-order valence-electron chi connectivity index (χ2n) is 6.85. The molecule has 0 atom stereocenters. The van der Waals surface area contributed by atoms with E-state index < -0.39 is 0 Å². The SMILES string of the molecule is COc1ccccc1-c1nn(-c2ccccc2)cc1C(=O)Nc1ccc(C)cc1O. The normalized spacial score (nSPS) is 10.6. The first kappa shape index (κ1) is 19.3.